The summed E-state index contributed by atoms with van der Waals surface area (Å²) in [6.07, 6.45) is 0.232. The predicted molar refractivity (Wildman–Crippen MR) is 69.1 cm³/mol. The maximum Gasteiger partial charge on any atom is 0.226 e. The van der Waals surface area contributed by atoms with E-state index in [1.807, 2.05) is 6.07 Å². The topological polar surface area (TPSA) is 88.1 Å². The van der Waals surface area contributed by atoms with Crippen molar-refractivity contribution in [1.82, 2.24) is 0 Å². The molecule has 0 heterocycles. The molecule has 0 saturated carbocycles. The van der Waals surface area contributed by atoms with Gasteiger partial charge in [-0.05, 0) is 26.0 Å². The number of carbonyl (C=O) groups is 1. The van der Waals surface area contributed by atoms with Gasteiger partial charge in [0, 0.05) is 23.7 Å². The van der Waals surface area contributed by atoms with Gasteiger partial charge in [0.15, 0.2) is 6.61 Å². The molecule has 5 heteroatoms. The molecule has 0 fully saturated rings. The van der Waals surface area contributed by atoms with E-state index in [0.29, 0.717) is 11.4 Å². The number of nitrogens with two attached hydrogens (primary N) is 1. The number of nitriles is 1. The number of anilines is 1. The van der Waals surface area contributed by atoms with Crippen LogP contribution in [-0.2, 0) is 4.79 Å². The number of rotatable bonds is 5. The van der Waals surface area contributed by atoms with Crippen LogP contribution in [-0.4, -0.2) is 18.1 Å². The van der Waals surface area contributed by atoms with Gasteiger partial charge in [-0.3, -0.25) is 4.79 Å². The lowest BCUT2D eigenvalue weighted by molar-refractivity contribution is -0.117. The van der Waals surface area contributed by atoms with E-state index in [2.05, 4.69) is 5.32 Å². The van der Waals surface area contributed by atoms with Crippen LogP contribution in [0.1, 0.15) is 20.3 Å². The Morgan fingerprint density at radius 1 is 1.56 bits per heavy atom. The number of nitrogens with one attached hydrogen (secondary N) is 1. The smallest absolute Gasteiger partial charge is 0.226 e. The Balaban J connectivity index is 2.62. The van der Waals surface area contributed by atoms with Gasteiger partial charge in [-0.1, -0.05) is 6.07 Å². The van der Waals surface area contributed by atoms with Crippen molar-refractivity contribution < 1.29 is 9.53 Å². The van der Waals surface area contributed by atoms with Crippen molar-refractivity contribution in [1.29, 1.82) is 5.26 Å². The van der Waals surface area contributed by atoms with Gasteiger partial charge < -0.3 is 15.8 Å². The lowest BCUT2D eigenvalue weighted by Crippen LogP contribution is -2.36. The summed E-state index contributed by atoms with van der Waals surface area (Å²) < 4.78 is 5.14. The van der Waals surface area contributed by atoms with Gasteiger partial charge in [0.1, 0.15) is 11.8 Å². The van der Waals surface area contributed by atoms with Crippen LogP contribution in [0.2, 0.25) is 0 Å². The Bertz CT molecular complexity index is 458. The third kappa shape index (κ3) is 5.32. The molecular formula is C13H17N3O2. The summed E-state index contributed by atoms with van der Waals surface area (Å²) in [4.78, 5) is 11.7. The van der Waals surface area contributed by atoms with Gasteiger partial charge in [0.2, 0.25) is 5.91 Å². The van der Waals surface area contributed by atoms with E-state index < -0.39 is 5.54 Å². The number of nitrogens with zero attached hydrogens (tertiary/aromatic N) is 1. The molecule has 0 aliphatic heterocycles. The first-order chi connectivity index (χ1) is 8.40. The molecule has 0 aliphatic rings. The van der Waals surface area contributed by atoms with Gasteiger partial charge >= 0.3 is 0 Å². The molecule has 1 aromatic carbocycles. The average molecular weight is 247 g/mol. The van der Waals surface area contributed by atoms with E-state index in [1.165, 1.54) is 0 Å². The Hall–Kier alpha value is -2.06. The number of hydrogen-bond donors (Lipinski definition) is 2. The van der Waals surface area contributed by atoms with Crippen molar-refractivity contribution in [2.45, 2.75) is 25.8 Å². The van der Waals surface area contributed by atoms with Crippen LogP contribution in [0.5, 0.6) is 5.75 Å². The summed E-state index contributed by atoms with van der Waals surface area (Å²) in [6.45, 7) is 3.56. The van der Waals surface area contributed by atoms with Crippen LogP contribution >= 0.6 is 0 Å². The summed E-state index contributed by atoms with van der Waals surface area (Å²) in [7, 11) is 0. The number of ether oxygens (including phenoxy) is 1. The highest BCUT2D eigenvalue weighted by Crippen LogP contribution is 2.18. The summed E-state index contributed by atoms with van der Waals surface area (Å²) >= 11 is 0. The van der Waals surface area contributed by atoms with E-state index in [-0.39, 0.29) is 18.9 Å². The van der Waals surface area contributed by atoms with Crippen molar-refractivity contribution in [3.05, 3.63) is 24.3 Å². The molecule has 0 radical (unpaired) electrons. The molecule has 0 aromatic heterocycles. The Morgan fingerprint density at radius 2 is 2.28 bits per heavy atom. The van der Waals surface area contributed by atoms with E-state index in [9.17, 15) is 4.79 Å². The zero-order valence-electron chi connectivity index (χ0n) is 10.6. The van der Waals surface area contributed by atoms with Gasteiger partial charge in [0.05, 0.1) is 0 Å². The lowest BCUT2D eigenvalue weighted by Gasteiger charge is -2.17. The zero-order chi connectivity index (χ0) is 13.6. The lowest BCUT2D eigenvalue weighted by atomic mass is 10.0. The van der Waals surface area contributed by atoms with Crippen LogP contribution < -0.4 is 15.8 Å². The fraction of sp³-hybridized carbons (Fsp3) is 0.385. The Kier molecular flexibility index (Phi) is 4.69. The molecule has 5 nitrogen and oxygen atoms in total. The zero-order valence-corrected chi connectivity index (χ0v) is 10.6. The second-order valence-corrected chi connectivity index (χ2v) is 4.69. The highest BCUT2D eigenvalue weighted by atomic mass is 16.5. The molecule has 0 saturated heterocycles. The van der Waals surface area contributed by atoms with Gasteiger partial charge in [-0.2, -0.15) is 5.26 Å². The molecule has 0 unspecified atom stereocenters. The number of carbonyl (C=O) groups excluding carboxylic acids is 1. The predicted octanol–water partition coefficient (Wildman–Crippen LogP) is 1.65. The molecule has 96 valence electrons. The number of benzene rings is 1. The second kappa shape index (κ2) is 6.03. The first-order valence-electron chi connectivity index (χ1n) is 5.59. The molecule has 18 heavy (non-hydrogen) atoms. The van der Waals surface area contributed by atoms with Crippen LogP contribution in [0.4, 0.5) is 5.69 Å². The van der Waals surface area contributed by atoms with Gasteiger partial charge in [-0.25, -0.2) is 0 Å². The Morgan fingerprint density at radius 3 is 2.89 bits per heavy atom. The molecule has 0 bridgehead atoms. The fourth-order valence-electron chi connectivity index (χ4n) is 1.40. The largest absolute Gasteiger partial charge is 0.479 e. The maximum absolute atomic E-state index is 11.7. The fourth-order valence-corrected chi connectivity index (χ4v) is 1.40. The SMILES string of the molecule is CC(C)(N)CC(=O)Nc1cccc(OCC#N)c1. The van der Waals surface area contributed by atoms with Crippen molar-refractivity contribution in [2.75, 3.05) is 11.9 Å². The highest BCUT2D eigenvalue weighted by molar-refractivity contribution is 5.91. The minimum atomic E-state index is -0.543. The molecule has 1 amide bonds. The van der Waals surface area contributed by atoms with Crippen molar-refractivity contribution >= 4 is 11.6 Å². The Labute approximate surface area is 107 Å². The first kappa shape index (κ1) is 14.0. The quantitative estimate of drug-likeness (QED) is 0.828. The van der Waals surface area contributed by atoms with E-state index in [4.69, 9.17) is 15.7 Å². The second-order valence-electron chi connectivity index (χ2n) is 4.69. The first-order valence-corrected chi connectivity index (χ1v) is 5.59. The molecule has 0 spiro atoms. The third-order valence-corrected chi connectivity index (χ3v) is 2.04. The number of amides is 1. The third-order valence-electron chi connectivity index (χ3n) is 2.04. The summed E-state index contributed by atoms with van der Waals surface area (Å²) in [5.74, 6) is 0.390. The normalized spacial score (nSPS) is 10.6. The average Bonchev–Trinajstić information content (AvgIpc) is 2.24. The van der Waals surface area contributed by atoms with Crippen LogP contribution in [0.25, 0.3) is 0 Å². The van der Waals surface area contributed by atoms with Crippen LogP contribution in [0, 0.1) is 11.3 Å². The molecule has 0 atom stereocenters. The summed E-state index contributed by atoms with van der Waals surface area (Å²) in [5.41, 5.74) is 5.85. The van der Waals surface area contributed by atoms with Gasteiger partial charge in [-0.15, -0.1) is 0 Å². The summed E-state index contributed by atoms with van der Waals surface area (Å²) in [5, 5.41) is 11.1. The minimum Gasteiger partial charge on any atom is -0.479 e. The minimum absolute atomic E-state index is 0.0206. The van der Waals surface area contributed by atoms with E-state index in [0.717, 1.165) is 0 Å². The molecule has 1 rings (SSSR count). The summed E-state index contributed by atoms with van der Waals surface area (Å²) in [6, 6.07) is 8.77. The molecular weight excluding hydrogens is 230 g/mol. The van der Waals surface area contributed by atoms with Crippen LogP contribution in [0.15, 0.2) is 24.3 Å². The van der Waals surface area contributed by atoms with Crippen molar-refractivity contribution in [2.24, 2.45) is 5.73 Å². The van der Waals surface area contributed by atoms with Gasteiger partial charge in [0.25, 0.3) is 0 Å². The van der Waals surface area contributed by atoms with E-state index in [1.54, 1.807) is 38.1 Å². The standard InChI is InChI=1S/C13H17N3O2/c1-13(2,15)9-12(17)16-10-4-3-5-11(8-10)18-7-6-14/h3-5,8H,7,9,15H2,1-2H3,(H,16,17). The monoisotopic (exact) mass is 247 g/mol. The molecule has 1 aromatic rings. The van der Waals surface area contributed by atoms with E-state index >= 15 is 0 Å². The highest BCUT2D eigenvalue weighted by Gasteiger charge is 2.16. The van der Waals surface area contributed by atoms with Crippen LogP contribution in [0.3, 0.4) is 0 Å². The maximum atomic E-state index is 11.7. The number of hydrogen-bond acceptors (Lipinski definition) is 4. The van der Waals surface area contributed by atoms with Crippen molar-refractivity contribution in [3.63, 3.8) is 0 Å². The molecule has 0 aliphatic carbocycles. The molecule has 3 N–H and O–H groups in total. The van der Waals surface area contributed by atoms with Crippen molar-refractivity contribution in [3.8, 4) is 11.8 Å².